The van der Waals surface area contributed by atoms with E-state index in [1.165, 1.54) is 36.9 Å². The molecule has 0 radical (unpaired) electrons. The highest BCUT2D eigenvalue weighted by molar-refractivity contribution is 5.63. The molecule has 1 saturated heterocycles. The maximum absolute atomic E-state index is 10.9. The molecule has 7 aliphatic rings. The minimum absolute atomic E-state index is 0.0713. The third kappa shape index (κ3) is 2.51. The number of rotatable bonds is 7. The molecule has 35 heavy (non-hydrogen) atoms. The van der Waals surface area contributed by atoms with Crippen LogP contribution in [0.3, 0.4) is 0 Å². The van der Waals surface area contributed by atoms with Crippen LogP contribution in [0.4, 0.5) is 0 Å². The van der Waals surface area contributed by atoms with Crippen LogP contribution in [-0.4, -0.2) is 54.6 Å². The summed E-state index contributed by atoms with van der Waals surface area (Å²) in [5.74, 6) is 2.18. The molecule has 1 aromatic heterocycles. The van der Waals surface area contributed by atoms with E-state index in [1.54, 1.807) is 12.5 Å². The normalized spacial score (nSPS) is 40.5. The molecule has 2 aliphatic heterocycles. The first-order chi connectivity index (χ1) is 17.1. The van der Waals surface area contributed by atoms with E-state index in [1.807, 2.05) is 19.2 Å². The SMILES string of the molecule is COC12CC[C@@]3(C[C@H]1COCc1ccoc1)[C@H]1Cc4ccc(O)c5c4[C@@]3(CCN1CC1CC1)[C@H]2O5. The van der Waals surface area contributed by atoms with Crippen LogP contribution in [-0.2, 0) is 27.9 Å². The fourth-order valence-electron chi connectivity index (χ4n) is 9.44. The van der Waals surface area contributed by atoms with Crippen molar-refractivity contribution in [3.8, 4) is 11.5 Å². The lowest BCUT2D eigenvalue weighted by Crippen LogP contribution is -2.81. The molecule has 2 spiro atoms. The quantitative estimate of drug-likeness (QED) is 0.637. The highest BCUT2D eigenvalue weighted by atomic mass is 16.6. The van der Waals surface area contributed by atoms with Gasteiger partial charge in [0.2, 0.25) is 0 Å². The predicted octanol–water partition coefficient (Wildman–Crippen LogP) is 4.43. The van der Waals surface area contributed by atoms with Gasteiger partial charge in [-0.05, 0) is 75.1 Å². The first-order valence-corrected chi connectivity index (χ1v) is 13.5. The Morgan fingerprint density at radius 3 is 2.89 bits per heavy atom. The summed E-state index contributed by atoms with van der Waals surface area (Å²) in [7, 11) is 1.87. The van der Waals surface area contributed by atoms with Crippen molar-refractivity contribution in [2.75, 3.05) is 26.8 Å². The number of nitrogens with zero attached hydrogens (tertiary/aromatic N) is 1. The molecule has 9 rings (SSSR count). The molecule has 1 unspecified atom stereocenters. The second-order valence-corrected chi connectivity index (χ2v) is 12.2. The van der Waals surface area contributed by atoms with Crippen molar-refractivity contribution in [2.24, 2.45) is 17.3 Å². The van der Waals surface area contributed by atoms with Crippen molar-refractivity contribution in [3.63, 3.8) is 0 Å². The Balaban J connectivity index is 1.24. The number of furan rings is 1. The van der Waals surface area contributed by atoms with Gasteiger partial charge in [-0.25, -0.2) is 0 Å². The topological polar surface area (TPSA) is 64.3 Å². The van der Waals surface area contributed by atoms with Gasteiger partial charge in [0.15, 0.2) is 11.5 Å². The first-order valence-electron chi connectivity index (χ1n) is 13.5. The minimum Gasteiger partial charge on any atom is -0.504 e. The maximum atomic E-state index is 10.9. The van der Waals surface area contributed by atoms with Crippen LogP contribution in [0.15, 0.2) is 35.1 Å². The van der Waals surface area contributed by atoms with Gasteiger partial charge in [-0.1, -0.05) is 6.07 Å². The van der Waals surface area contributed by atoms with Gasteiger partial charge in [0.05, 0.1) is 25.7 Å². The molecule has 5 fully saturated rings. The van der Waals surface area contributed by atoms with Crippen molar-refractivity contribution in [2.45, 2.75) is 74.7 Å². The number of methoxy groups -OCH3 is 1. The Kier molecular flexibility index (Phi) is 4.25. The van der Waals surface area contributed by atoms with Crippen LogP contribution in [0.25, 0.3) is 0 Å². The van der Waals surface area contributed by atoms with E-state index in [0.29, 0.717) is 25.0 Å². The fraction of sp³-hybridized carbons (Fsp3) is 0.655. The molecular formula is C29H35NO5. The summed E-state index contributed by atoms with van der Waals surface area (Å²) < 4.78 is 25.0. The lowest BCUT2D eigenvalue weighted by atomic mass is 9.35. The van der Waals surface area contributed by atoms with Crippen LogP contribution < -0.4 is 4.74 Å². The smallest absolute Gasteiger partial charge is 0.165 e. The molecule has 4 bridgehead atoms. The van der Waals surface area contributed by atoms with Gasteiger partial charge >= 0.3 is 0 Å². The molecule has 6 atom stereocenters. The van der Waals surface area contributed by atoms with Crippen molar-refractivity contribution in [1.29, 1.82) is 0 Å². The number of piperidine rings is 1. The molecule has 2 aromatic rings. The Morgan fingerprint density at radius 1 is 1.17 bits per heavy atom. The summed E-state index contributed by atoms with van der Waals surface area (Å²) in [5, 5.41) is 10.9. The maximum Gasteiger partial charge on any atom is 0.165 e. The number of phenolic OH excluding ortho intramolecular Hbond substituents is 1. The molecule has 1 N–H and O–H groups in total. The summed E-state index contributed by atoms with van der Waals surface area (Å²) in [5.41, 5.74) is 3.44. The van der Waals surface area contributed by atoms with Gasteiger partial charge in [0, 0.05) is 47.6 Å². The number of hydrogen-bond acceptors (Lipinski definition) is 6. The summed E-state index contributed by atoms with van der Waals surface area (Å²) in [6, 6.07) is 6.52. The van der Waals surface area contributed by atoms with Crippen molar-refractivity contribution in [3.05, 3.63) is 47.4 Å². The van der Waals surface area contributed by atoms with E-state index in [9.17, 15) is 5.11 Å². The van der Waals surface area contributed by atoms with Gasteiger partial charge in [-0.15, -0.1) is 0 Å². The highest BCUT2D eigenvalue weighted by Crippen LogP contribution is 2.76. The second-order valence-electron chi connectivity index (χ2n) is 12.2. The zero-order valence-electron chi connectivity index (χ0n) is 20.5. The van der Waals surface area contributed by atoms with E-state index < -0.39 is 5.60 Å². The lowest BCUT2D eigenvalue weighted by Gasteiger charge is -2.74. The van der Waals surface area contributed by atoms with Crippen LogP contribution in [0.2, 0.25) is 0 Å². The summed E-state index contributed by atoms with van der Waals surface area (Å²) >= 11 is 0. The zero-order chi connectivity index (χ0) is 23.4. The molecule has 5 aliphatic carbocycles. The molecule has 6 nitrogen and oxygen atoms in total. The number of fused-ring (bicyclic) bond motifs is 2. The van der Waals surface area contributed by atoms with E-state index >= 15 is 0 Å². The largest absolute Gasteiger partial charge is 0.504 e. The standard InChI is InChI=1S/C29H35NO5/c1-32-29-8-7-27(13-21(29)17-34-16-19-6-11-33-15-19)23-12-20-4-5-22(31)25-24(20)28(27,26(29)35-25)9-10-30(23)14-18-2-3-18/h4-6,11,15,18,21,23,26,31H,2-3,7-10,12-14,16-17H2,1H3/t21-,23+,26+,27+,28-,29?/m0/s1. The number of likely N-dealkylation sites (tertiary alicyclic amines) is 1. The van der Waals surface area contributed by atoms with Crippen LogP contribution in [0, 0.1) is 17.3 Å². The van der Waals surface area contributed by atoms with Gasteiger partial charge in [0.1, 0.15) is 11.7 Å². The average Bonchev–Trinajstić information content (AvgIpc) is 3.38. The molecule has 3 heterocycles. The van der Waals surface area contributed by atoms with E-state index in [-0.39, 0.29) is 22.9 Å². The molecule has 186 valence electrons. The van der Waals surface area contributed by atoms with E-state index in [0.717, 1.165) is 49.5 Å². The first kappa shape index (κ1) is 21.1. The number of ether oxygens (including phenoxy) is 3. The number of phenols is 1. The Hall–Kier alpha value is -2.02. The fourth-order valence-corrected chi connectivity index (χ4v) is 9.44. The zero-order valence-corrected chi connectivity index (χ0v) is 20.5. The molecule has 4 saturated carbocycles. The second kappa shape index (κ2) is 7.05. The summed E-state index contributed by atoms with van der Waals surface area (Å²) in [6.07, 6.45) is 11.6. The molecular weight excluding hydrogens is 442 g/mol. The van der Waals surface area contributed by atoms with Gasteiger partial charge in [-0.2, -0.15) is 0 Å². The molecule has 6 heteroatoms. The van der Waals surface area contributed by atoms with Gasteiger partial charge < -0.3 is 23.7 Å². The van der Waals surface area contributed by atoms with E-state index in [4.69, 9.17) is 18.6 Å². The van der Waals surface area contributed by atoms with Crippen LogP contribution in [0.5, 0.6) is 11.5 Å². The lowest BCUT2D eigenvalue weighted by molar-refractivity contribution is -0.283. The number of benzene rings is 1. The number of aromatic hydroxyl groups is 1. The van der Waals surface area contributed by atoms with Crippen molar-refractivity contribution in [1.82, 2.24) is 4.90 Å². The van der Waals surface area contributed by atoms with Crippen molar-refractivity contribution < 1.29 is 23.7 Å². The average molecular weight is 478 g/mol. The Morgan fingerprint density at radius 2 is 2.09 bits per heavy atom. The molecule has 0 amide bonds. The Bertz CT molecular complexity index is 1160. The van der Waals surface area contributed by atoms with Gasteiger partial charge in [0.25, 0.3) is 0 Å². The monoisotopic (exact) mass is 477 g/mol. The van der Waals surface area contributed by atoms with Gasteiger partial charge in [-0.3, -0.25) is 4.90 Å². The molecule has 1 aromatic carbocycles. The summed E-state index contributed by atoms with van der Waals surface area (Å²) in [6.45, 7) is 3.57. The van der Waals surface area contributed by atoms with Crippen molar-refractivity contribution >= 4 is 0 Å². The third-order valence-corrected chi connectivity index (χ3v) is 11.0. The van der Waals surface area contributed by atoms with Crippen LogP contribution in [0.1, 0.15) is 55.2 Å². The Labute approximate surface area is 206 Å². The third-order valence-electron chi connectivity index (χ3n) is 11.0. The summed E-state index contributed by atoms with van der Waals surface area (Å²) in [4.78, 5) is 2.85. The predicted molar refractivity (Wildman–Crippen MR) is 128 cm³/mol. The van der Waals surface area contributed by atoms with Crippen LogP contribution >= 0.6 is 0 Å². The minimum atomic E-state index is -0.401. The van der Waals surface area contributed by atoms with E-state index in [2.05, 4.69) is 11.0 Å². The number of hydrogen-bond donors (Lipinski definition) is 1. The highest BCUT2D eigenvalue weighted by Gasteiger charge is 2.80.